The van der Waals surface area contributed by atoms with Gasteiger partial charge in [-0.25, -0.2) is 9.59 Å². The molecule has 0 saturated carbocycles. The van der Waals surface area contributed by atoms with Gasteiger partial charge in [0, 0.05) is 4.88 Å². The minimum Gasteiger partial charge on any atom is -0.478 e. The highest BCUT2D eigenvalue weighted by molar-refractivity contribution is 7.16. The summed E-state index contributed by atoms with van der Waals surface area (Å²) < 4.78 is 35.7. The molecule has 0 saturated heterocycles. The summed E-state index contributed by atoms with van der Waals surface area (Å²) in [6, 6.07) is 0.288. The maximum atomic E-state index is 11.9. The van der Waals surface area contributed by atoms with Crippen LogP contribution in [0.5, 0.6) is 0 Å². The third kappa shape index (κ3) is 4.78. The number of nitrogens with one attached hydrogen (secondary N) is 2. The van der Waals surface area contributed by atoms with Gasteiger partial charge in [-0.1, -0.05) is 6.92 Å². The van der Waals surface area contributed by atoms with E-state index in [1.165, 1.54) is 6.07 Å². The van der Waals surface area contributed by atoms with E-state index >= 15 is 0 Å². The van der Waals surface area contributed by atoms with Crippen LogP contribution in [0.15, 0.2) is 6.07 Å². The first-order chi connectivity index (χ1) is 8.73. The zero-order valence-electron chi connectivity index (χ0n) is 9.80. The number of anilines is 1. The summed E-state index contributed by atoms with van der Waals surface area (Å²) in [5, 5.41) is 12.6. The van der Waals surface area contributed by atoms with Crippen LogP contribution < -0.4 is 10.6 Å². The number of hydrogen-bond donors (Lipinski definition) is 3. The van der Waals surface area contributed by atoms with Gasteiger partial charge < -0.3 is 10.4 Å². The number of thiophene rings is 1. The van der Waals surface area contributed by atoms with E-state index in [0.29, 0.717) is 11.3 Å². The standard InChI is InChI=1S/C10H11F3N2O3S/c1-2-5-3-6(8(16)17)7(19-5)15-9(18)14-4-10(11,12)13/h3H,2,4H2,1H3,(H,16,17)(H2,14,15,18). The van der Waals surface area contributed by atoms with Crippen LogP contribution in [0, 0.1) is 0 Å². The quantitative estimate of drug-likeness (QED) is 0.799. The van der Waals surface area contributed by atoms with Gasteiger partial charge in [-0.2, -0.15) is 13.2 Å². The van der Waals surface area contributed by atoms with Crippen LogP contribution in [0.1, 0.15) is 22.2 Å². The fraction of sp³-hybridized carbons (Fsp3) is 0.400. The largest absolute Gasteiger partial charge is 0.478 e. The van der Waals surface area contributed by atoms with Gasteiger partial charge in [-0.3, -0.25) is 5.32 Å². The lowest BCUT2D eigenvalue weighted by Crippen LogP contribution is -2.36. The van der Waals surface area contributed by atoms with Gasteiger partial charge in [-0.05, 0) is 12.5 Å². The Morgan fingerprint density at radius 3 is 2.53 bits per heavy atom. The van der Waals surface area contributed by atoms with Crippen molar-refractivity contribution in [1.82, 2.24) is 5.32 Å². The number of carbonyl (C=O) groups is 2. The Bertz CT molecular complexity index is 485. The first kappa shape index (κ1) is 15.3. The summed E-state index contributed by atoms with van der Waals surface area (Å²) in [7, 11) is 0. The second-order valence-electron chi connectivity index (χ2n) is 3.54. The van der Waals surface area contributed by atoms with Crippen molar-refractivity contribution in [2.24, 2.45) is 0 Å². The number of carboxylic acids is 1. The normalized spacial score (nSPS) is 11.2. The average Bonchev–Trinajstić information content (AvgIpc) is 2.69. The number of rotatable bonds is 4. The Balaban J connectivity index is 2.73. The molecule has 1 rings (SSSR count). The highest BCUT2D eigenvalue weighted by Crippen LogP contribution is 2.28. The molecule has 106 valence electrons. The molecule has 0 atom stereocenters. The number of hydrogen-bond acceptors (Lipinski definition) is 3. The number of halogens is 3. The van der Waals surface area contributed by atoms with E-state index in [-0.39, 0.29) is 10.6 Å². The smallest absolute Gasteiger partial charge is 0.405 e. The maximum Gasteiger partial charge on any atom is 0.405 e. The molecule has 1 heterocycles. The molecule has 0 fully saturated rings. The van der Waals surface area contributed by atoms with Gasteiger partial charge in [0.15, 0.2) is 0 Å². The summed E-state index contributed by atoms with van der Waals surface area (Å²) in [5.41, 5.74) is -0.135. The lowest BCUT2D eigenvalue weighted by molar-refractivity contribution is -0.122. The van der Waals surface area contributed by atoms with Gasteiger partial charge in [0.25, 0.3) is 0 Å². The number of carbonyl (C=O) groups excluding carboxylic acids is 1. The van der Waals surface area contributed by atoms with E-state index in [4.69, 9.17) is 5.11 Å². The Kier molecular flexibility index (Phi) is 4.76. The number of urea groups is 1. The second kappa shape index (κ2) is 5.91. The maximum absolute atomic E-state index is 11.9. The van der Waals surface area contributed by atoms with E-state index < -0.39 is 24.7 Å². The molecular formula is C10H11F3N2O3S. The molecule has 0 radical (unpaired) electrons. The van der Waals surface area contributed by atoms with Crippen molar-refractivity contribution in [3.63, 3.8) is 0 Å². The fourth-order valence-corrected chi connectivity index (χ4v) is 2.18. The molecule has 3 N–H and O–H groups in total. The van der Waals surface area contributed by atoms with Crippen LogP contribution in [0.25, 0.3) is 0 Å². The molecule has 0 unspecified atom stereocenters. The van der Waals surface area contributed by atoms with Gasteiger partial charge >= 0.3 is 18.2 Å². The lowest BCUT2D eigenvalue weighted by Gasteiger charge is -2.09. The lowest BCUT2D eigenvalue weighted by atomic mass is 10.2. The van der Waals surface area contributed by atoms with Crippen molar-refractivity contribution in [3.05, 3.63) is 16.5 Å². The van der Waals surface area contributed by atoms with Gasteiger partial charge in [0.05, 0.1) is 5.56 Å². The highest BCUT2D eigenvalue weighted by atomic mass is 32.1. The van der Waals surface area contributed by atoms with Crippen LogP contribution >= 0.6 is 11.3 Å². The molecule has 2 amide bonds. The van der Waals surface area contributed by atoms with Gasteiger partial charge in [0.2, 0.25) is 0 Å². The highest BCUT2D eigenvalue weighted by Gasteiger charge is 2.28. The van der Waals surface area contributed by atoms with E-state index in [1.807, 2.05) is 0 Å². The summed E-state index contributed by atoms with van der Waals surface area (Å²) in [4.78, 5) is 22.8. The molecular weight excluding hydrogens is 285 g/mol. The molecule has 9 heteroatoms. The van der Waals surface area contributed by atoms with E-state index in [9.17, 15) is 22.8 Å². The Hall–Kier alpha value is -1.77. The van der Waals surface area contributed by atoms with E-state index in [2.05, 4.69) is 5.32 Å². The number of alkyl halides is 3. The molecule has 0 spiro atoms. The van der Waals surface area contributed by atoms with E-state index in [1.54, 1.807) is 12.2 Å². The van der Waals surface area contributed by atoms with Crippen molar-refractivity contribution in [1.29, 1.82) is 0 Å². The Morgan fingerprint density at radius 1 is 1.42 bits per heavy atom. The SMILES string of the molecule is CCc1cc(C(=O)O)c(NC(=O)NCC(F)(F)F)s1. The van der Waals surface area contributed by atoms with Crippen LogP contribution in [-0.2, 0) is 6.42 Å². The van der Waals surface area contributed by atoms with Crippen molar-refractivity contribution in [3.8, 4) is 0 Å². The van der Waals surface area contributed by atoms with Crippen LogP contribution in [0.3, 0.4) is 0 Å². The zero-order valence-corrected chi connectivity index (χ0v) is 10.6. The summed E-state index contributed by atoms with van der Waals surface area (Å²) in [6.07, 6.45) is -3.95. The molecule has 1 aromatic rings. The number of aryl methyl sites for hydroxylation is 1. The predicted octanol–water partition coefficient (Wildman–Crippen LogP) is 2.69. The minimum absolute atomic E-state index is 0.0176. The van der Waals surface area contributed by atoms with Crippen molar-refractivity contribution in [2.45, 2.75) is 19.5 Å². The van der Waals surface area contributed by atoms with Gasteiger partial charge in [-0.15, -0.1) is 11.3 Å². The molecule has 0 aromatic carbocycles. The molecule has 0 aliphatic carbocycles. The predicted molar refractivity (Wildman–Crippen MR) is 63.7 cm³/mol. The first-order valence-electron chi connectivity index (χ1n) is 5.20. The number of carboxylic acid groups (broad SMARTS) is 1. The zero-order chi connectivity index (χ0) is 14.6. The second-order valence-corrected chi connectivity index (χ2v) is 4.67. The van der Waals surface area contributed by atoms with Crippen molar-refractivity contribution >= 4 is 28.3 Å². The Morgan fingerprint density at radius 2 is 2.05 bits per heavy atom. The molecule has 0 aliphatic rings. The van der Waals surface area contributed by atoms with Crippen LogP contribution in [0.4, 0.5) is 23.0 Å². The molecule has 0 aliphatic heterocycles. The third-order valence-corrected chi connectivity index (χ3v) is 3.23. The summed E-state index contributed by atoms with van der Waals surface area (Å²) in [6.45, 7) is 0.318. The van der Waals surface area contributed by atoms with E-state index in [0.717, 1.165) is 11.3 Å². The molecule has 1 aromatic heterocycles. The summed E-state index contributed by atoms with van der Waals surface area (Å²) in [5.74, 6) is -1.25. The molecule has 19 heavy (non-hydrogen) atoms. The number of amides is 2. The fourth-order valence-electron chi connectivity index (χ4n) is 1.20. The van der Waals surface area contributed by atoms with Gasteiger partial charge in [0.1, 0.15) is 11.5 Å². The topological polar surface area (TPSA) is 78.4 Å². The van der Waals surface area contributed by atoms with Crippen molar-refractivity contribution in [2.75, 3.05) is 11.9 Å². The van der Waals surface area contributed by atoms with Crippen LogP contribution in [-0.4, -0.2) is 29.8 Å². The minimum atomic E-state index is -4.52. The third-order valence-electron chi connectivity index (χ3n) is 2.04. The summed E-state index contributed by atoms with van der Waals surface area (Å²) >= 11 is 1.02. The number of aromatic carboxylic acids is 1. The Labute approximate surface area is 110 Å². The first-order valence-corrected chi connectivity index (χ1v) is 6.02. The molecule has 5 nitrogen and oxygen atoms in total. The molecule has 0 bridgehead atoms. The monoisotopic (exact) mass is 296 g/mol. The van der Waals surface area contributed by atoms with Crippen molar-refractivity contribution < 1.29 is 27.9 Å². The van der Waals surface area contributed by atoms with Crippen LogP contribution in [0.2, 0.25) is 0 Å². The average molecular weight is 296 g/mol.